The molecule has 0 saturated carbocycles. The SMILES string of the molecule is C=CC(=C)[N+](=CC(C)C(C)C)CCCCS(=O)(=O)[O-]. The van der Waals surface area contributed by atoms with Crippen LogP contribution in [0.4, 0.5) is 0 Å². The van der Waals surface area contributed by atoms with Gasteiger partial charge in [0.05, 0.1) is 10.1 Å². The average molecular weight is 287 g/mol. The molecule has 0 bridgehead atoms. The Hall–Kier alpha value is -0.940. The van der Waals surface area contributed by atoms with Crippen molar-refractivity contribution in [3.8, 4) is 0 Å². The van der Waals surface area contributed by atoms with Gasteiger partial charge in [-0.05, 0) is 18.9 Å². The van der Waals surface area contributed by atoms with E-state index in [1.807, 2.05) is 4.58 Å². The fourth-order valence-electron chi connectivity index (χ4n) is 1.45. The summed E-state index contributed by atoms with van der Waals surface area (Å²) in [5.41, 5.74) is 0.789. The van der Waals surface area contributed by atoms with E-state index in [0.29, 0.717) is 31.2 Å². The van der Waals surface area contributed by atoms with E-state index in [-0.39, 0.29) is 5.75 Å². The van der Waals surface area contributed by atoms with Crippen LogP contribution in [-0.2, 0) is 10.1 Å². The molecule has 19 heavy (non-hydrogen) atoms. The maximum absolute atomic E-state index is 10.5. The van der Waals surface area contributed by atoms with E-state index in [0.717, 1.165) is 5.70 Å². The van der Waals surface area contributed by atoms with E-state index >= 15 is 0 Å². The van der Waals surface area contributed by atoms with E-state index in [2.05, 4.69) is 40.1 Å². The molecule has 1 unspecified atom stereocenters. The van der Waals surface area contributed by atoms with E-state index in [9.17, 15) is 13.0 Å². The molecule has 0 aromatic rings. The lowest BCUT2D eigenvalue weighted by molar-refractivity contribution is -0.469. The van der Waals surface area contributed by atoms with Crippen LogP contribution < -0.4 is 0 Å². The highest BCUT2D eigenvalue weighted by Gasteiger charge is 2.13. The Balaban J connectivity index is 4.54. The molecule has 0 heterocycles. The maximum Gasteiger partial charge on any atom is 0.197 e. The van der Waals surface area contributed by atoms with Crippen LogP contribution in [0.25, 0.3) is 0 Å². The quantitative estimate of drug-likeness (QED) is 0.215. The van der Waals surface area contributed by atoms with Gasteiger partial charge >= 0.3 is 0 Å². The van der Waals surface area contributed by atoms with Gasteiger partial charge in [0.1, 0.15) is 12.8 Å². The predicted molar refractivity (Wildman–Crippen MR) is 78.3 cm³/mol. The van der Waals surface area contributed by atoms with Gasteiger partial charge < -0.3 is 4.55 Å². The number of unbranched alkanes of at least 4 members (excludes halogenated alkanes) is 1. The number of rotatable bonds is 9. The second kappa shape index (κ2) is 8.27. The van der Waals surface area contributed by atoms with Gasteiger partial charge in [0, 0.05) is 24.2 Å². The molecule has 4 nitrogen and oxygen atoms in total. The van der Waals surface area contributed by atoms with Gasteiger partial charge in [0.15, 0.2) is 5.70 Å². The van der Waals surface area contributed by atoms with Crippen LogP contribution in [0.5, 0.6) is 0 Å². The first-order valence-corrected chi connectivity index (χ1v) is 8.11. The monoisotopic (exact) mass is 287 g/mol. The van der Waals surface area contributed by atoms with Crippen LogP contribution in [0.1, 0.15) is 33.6 Å². The Labute approximate surface area is 117 Å². The fraction of sp³-hybridized carbons (Fsp3) is 0.643. The highest BCUT2D eigenvalue weighted by Crippen LogP contribution is 2.08. The normalized spacial score (nSPS) is 14.5. The van der Waals surface area contributed by atoms with Gasteiger partial charge in [0.2, 0.25) is 0 Å². The summed E-state index contributed by atoms with van der Waals surface area (Å²) < 4.78 is 33.5. The van der Waals surface area contributed by atoms with Crippen molar-refractivity contribution in [3.63, 3.8) is 0 Å². The van der Waals surface area contributed by atoms with Crippen molar-refractivity contribution in [3.05, 3.63) is 24.9 Å². The smallest absolute Gasteiger partial charge is 0.197 e. The second-order valence-corrected chi connectivity index (χ2v) is 6.63. The molecular formula is C14H25NO3S. The molecule has 1 atom stereocenters. The first-order chi connectivity index (χ1) is 8.67. The Morgan fingerprint density at radius 2 is 1.89 bits per heavy atom. The van der Waals surface area contributed by atoms with Gasteiger partial charge in [-0.15, -0.1) is 0 Å². The minimum atomic E-state index is -4.11. The summed E-state index contributed by atoms with van der Waals surface area (Å²) in [6, 6.07) is 0. The van der Waals surface area contributed by atoms with Gasteiger partial charge in [-0.2, -0.15) is 0 Å². The van der Waals surface area contributed by atoms with Gasteiger partial charge in [-0.1, -0.05) is 27.4 Å². The summed E-state index contributed by atoms with van der Waals surface area (Å²) in [5.74, 6) is 0.600. The summed E-state index contributed by atoms with van der Waals surface area (Å²) in [6.45, 7) is 14.7. The molecule has 0 fully saturated rings. The lowest BCUT2D eigenvalue weighted by Gasteiger charge is -2.10. The molecule has 0 saturated heterocycles. The van der Waals surface area contributed by atoms with Crippen LogP contribution in [0.2, 0.25) is 0 Å². The summed E-state index contributed by atoms with van der Waals surface area (Å²) in [7, 11) is -4.11. The summed E-state index contributed by atoms with van der Waals surface area (Å²) >= 11 is 0. The van der Waals surface area contributed by atoms with Crippen LogP contribution >= 0.6 is 0 Å². The molecule has 0 aliphatic carbocycles. The molecule has 0 spiro atoms. The highest BCUT2D eigenvalue weighted by atomic mass is 32.2. The number of allylic oxidation sites excluding steroid dienone is 1. The second-order valence-electron chi connectivity index (χ2n) is 5.11. The van der Waals surface area contributed by atoms with E-state index in [1.54, 1.807) is 6.08 Å². The molecule has 0 amide bonds. The molecule has 0 aliphatic heterocycles. The zero-order chi connectivity index (χ0) is 15.1. The molecule has 0 N–H and O–H groups in total. The van der Waals surface area contributed by atoms with Crippen molar-refractivity contribution in [2.24, 2.45) is 11.8 Å². The number of hydrogen-bond donors (Lipinski definition) is 0. The van der Waals surface area contributed by atoms with Crippen molar-refractivity contribution >= 4 is 16.3 Å². The maximum atomic E-state index is 10.5. The number of hydrogen-bond acceptors (Lipinski definition) is 3. The van der Waals surface area contributed by atoms with Crippen LogP contribution in [0.15, 0.2) is 24.9 Å². The standard InChI is InChI=1S/C14H25NO3S/c1-6-14(5)15(11-13(4)12(2)3)9-7-8-10-19(16,17)18/h6,11-13H,1,5,7-10H2,2-4H3. The largest absolute Gasteiger partial charge is 0.748 e. The van der Waals surface area contributed by atoms with Crippen molar-refractivity contribution in [1.29, 1.82) is 0 Å². The molecule has 0 aromatic carbocycles. The summed E-state index contributed by atoms with van der Waals surface area (Å²) in [6.07, 6.45) is 4.76. The predicted octanol–water partition coefficient (Wildman–Crippen LogP) is 2.39. The number of nitrogens with zero attached hydrogens (tertiary/aromatic N) is 1. The van der Waals surface area contributed by atoms with Gasteiger partial charge in [-0.3, -0.25) is 0 Å². The molecular weight excluding hydrogens is 262 g/mol. The molecule has 0 aliphatic rings. The third-order valence-corrected chi connectivity index (χ3v) is 3.90. The molecule has 0 rings (SSSR count). The molecule has 110 valence electrons. The van der Waals surface area contributed by atoms with Crippen molar-refractivity contribution in [2.45, 2.75) is 33.6 Å². The van der Waals surface area contributed by atoms with E-state index in [1.165, 1.54) is 0 Å². The van der Waals surface area contributed by atoms with Gasteiger partial charge in [-0.25, -0.2) is 13.0 Å². The van der Waals surface area contributed by atoms with Crippen LogP contribution in [0.3, 0.4) is 0 Å². The third kappa shape index (κ3) is 8.72. The Morgan fingerprint density at radius 1 is 1.32 bits per heavy atom. The van der Waals surface area contributed by atoms with E-state index in [4.69, 9.17) is 0 Å². The van der Waals surface area contributed by atoms with Crippen molar-refractivity contribution in [2.75, 3.05) is 12.3 Å². The first kappa shape index (κ1) is 18.1. The lowest BCUT2D eigenvalue weighted by Crippen LogP contribution is -2.19. The Kier molecular flexibility index (Phi) is 7.87. The molecule has 5 heteroatoms. The van der Waals surface area contributed by atoms with Crippen molar-refractivity contribution < 1.29 is 17.5 Å². The lowest BCUT2D eigenvalue weighted by atomic mass is 9.99. The zero-order valence-corrected chi connectivity index (χ0v) is 12.9. The Bertz CT molecular complexity index is 436. The van der Waals surface area contributed by atoms with E-state index < -0.39 is 10.1 Å². The Morgan fingerprint density at radius 3 is 2.32 bits per heavy atom. The highest BCUT2D eigenvalue weighted by molar-refractivity contribution is 7.85. The van der Waals surface area contributed by atoms with Crippen LogP contribution in [-0.4, -0.2) is 36.1 Å². The fourth-order valence-corrected chi connectivity index (χ4v) is 2.01. The summed E-state index contributed by atoms with van der Waals surface area (Å²) in [5, 5.41) is 0. The topological polar surface area (TPSA) is 60.2 Å². The minimum absolute atomic E-state index is 0.304. The molecule has 0 aromatic heterocycles. The minimum Gasteiger partial charge on any atom is -0.748 e. The third-order valence-electron chi connectivity index (χ3n) is 3.11. The first-order valence-electron chi connectivity index (χ1n) is 6.54. The molecule has 0 radical (unpaired) electrons. The van der Waals surface area contributed by atoms with Gasteiger partial charge in [0.25, 0.3) is 0 Å². The zero-order valence-electron chi connectivity index (χ0n) is 12.1. The van der Waals surface area contributed by atoms with Crippen LogP contribution in [0, 0.1) is 11.8 Å². The summed E-state index contributed by atoms with van der Waals surface area (Å²) in [4.78, 5) is 0. The average Bonchev–Trinajstić information content (AvgIpc) is 2.30. The van der Waals surface area contributed by atoms with Crippen molar-refractivity contribution in [1.82, 2.24) is 0 Å².